The van der Waals surface area contributed by atoms with Crippen molar-refractivity contribution in [2.24, 2.45) is 5.92 Å². The summed E-state index contributed by atoms with van der Waals surface area (Å²) in [7, 11) is -0.765. The number of carbonyl (C=O) groups excluding carboxylic acids is 1. The molecule has 0 unspecified atom stereocenters. The predicted octanol–water partition coefficient (Wildman–Crippen LogP) is 2.66. The van der Waals surface area contributed by atoms with Gasteiger partial charge in [-0.3, -0.25) is 4.79 Å². The average molecular weight is 413 g/mol. The maximum absolute atomic E-state index is 13.0. The third-order valence-corrected chi connectivity index (χ3v) is 6.36. The highest BCUT2D eigenvalue weighted by molar-refractivity contribution is 7.89. The van der Waals surface area contributed by atoms with Crippen molar-refractivity contribution in [1.29, 1.82) is 0 Å². The highest BCUT2D eigenvalue weighted by Gasteiger charge is 2.27. The maximum Gasteiger partial charge on any atom is 0.253 e. The van der Waals surface area contributed by atoms with E-state index in [4.69, 9.17) is 9.47 Å². The molecule has 1 N–H and O–H groups in total. The minimum Gasteiger partial charge on any atom is -0.495 e. The van der Waals surface area contributed by atoms with Crippen LogP contribution in [0.5, 0.6) is 5.75 Å². The second-order valence-corrected chi connectivity index (χ2v) is 9.29. The summed E-state index contributed by atoms with van der Waals surface area (Å²) in [6.07, 6.45) is 3.71. The number of sulfonamides is 1. The molecule has 1 aliphatic carbocycles. The van der Waals surface area contributed by atoms with Gasteiger partial charge in [-0.2, -0.15) is 0 Å². The minimum atomic E-state index is -3.78. The Kier molecular flexibility index (Phi) is 8.27. The van der Waals surface area contributed by atoms with Gasteiger partial charge in [-0.1, -0.05) is 26.7 Å². The van der Waals surface area contributed by atoms with Crippen LogP contribution in [0.25, 0.3) is 0 Å². The van der Waals surface area contributed by atoms with E-state index in [2.05, 4.69) is 4.72 Å². The van der Waals surface area contributed by atoms with Gasteiger partial charge in [0.25, 0.3) is 5.91 Å². The van der Waals surface area contributed by atoms with Gasteiger partial charge in [0.15, 0.2) is 0 Å². The number of rotatable bonds is 10. The van der Waals surface area contributed by atoms with Crippen molar-refractivity contribution < 1.29 is 22.7 Å². The van der Waals surface area contributed by atoms with Crippen LogP contribution in [0, 0.1) is 5.92 Å². The van der Waals surface area contributed by atoms with E-state index in [0.29, 0.717) is 25.3 Å². The van der Waals surface area contributed by atoms with E-state index in [1.165, 1.54) is 13.2 Å². The van der Waals surface area contributed by atoms with E-state index in [-0.39, 0.29) is 28.5 Å². The summed E-state index contributed by atoms with van der Waals surface area (Å²) in [6.45, 7) is 5.49. The van der Waals surface area contributed by atoms with Crippen LogP contribution in [0.4, 0.5) is 0 Å². The molecule has 0 bridgehead atoms. The number of hydrogen-bond donors (Lipinski definition) is 1. The molecular formula is C20H32N2O5S. The number of carbonyl (C=O) groups is 1. The molecule has 1 aromatic rings. The van der Waals surface area contributed by atoms with Crippen molar-refractivity contribution in [3.8, 4) is 5.75 Å². The lowest BCUT2D eigenvalue weighted by Gasteiger charge is -2.25. The number of nitrogens with zero attached hydrogens (tertiary/aromatic N) is 1. The molecule has 158 valence electrons. The zero-order chi connectivity index (χ0) is 20.7. The molecule has 1 aliphatic rings. The lowest BCUT2D eigenvalue weighted by Crippen LogP contribution is -2.37. The highest BCUT2D eigenvalue weighted by atomic mass is 32.2. The van der Waals surface area contributed by atoms with Gasteiger partial charge in [0.05, 0.1) is 13.7 Å². The third-order valence-electron chi connectivity index (χ3n) is 4.82. The molecular weight excluding hydrogens is 380 g/mol. The predicted molar refractivity (Wildman–Crippen MR) is 108 cm³/mol. The Balaban J connectivity index is 2.32. The summed E-state index contributed by atoms with van der Waals surface area (Å²) in [5.41, 5.74) is 0.323. The van der Waals surface area contributed by atoms with Crippen LogP contribution in [0.1, 0.15) is 49.9 Å². The van der Waals surface area contributed by atoms with Crippen molar-refractivity contribution in [1.82, 2.24) is 9.62 Å². The molecule has 8 heteroatoms. The number of ether oxygens (including phenoxy) is 2. The van der Waals surface area contributed by atoms with Gasteiger partial charge in [-0.05, 0) is 37.0 Å². The molecule has 2 rings (SSSR count). The molecule has 1 fully saturated rings. The van der Waals surface area contributed by atoms with Crippen molar-refractivity contribution in [2.75, 3.05) is 33.9 Å². The first-order valence-electron chi connectivity index (χ1n) is 9.77. The number of amides is 1. The Morgan fingerprint density at radius 3 is 2.50 bits per heavy atom. The van der Waals surface area contributed by atoms with Gasteiger partial charge in [0.1, 0.15) is 10.6 Å². The van der Waals surface area contributed by atoms with Crippen LogP contribution >= 0.6 is 0 Å². The molecule has 1 amide bonds. The minimum absolute atomic E-state index is 0.00369. The number of benzene rings is 1. The lowest BCUT2D eigenvalue weighted by atomic mass is 10.1. The first-order chi connectivity index (χ1) is 13.3. The van der Waals surface area contributed by atoms with Crippen LogP contribution in [-0.2, 0) is 14.8 Å². The SMILES string of the molecule is COCCN(CC(C)C)C(=O)c1ccc(OC)c(S(=O)(=O)NC2CCCC2)c1. The molecule has 1 saturated carbocycles. The molecule has 7 nitrogen and oxygen atoms in total. The monoisotopic (exact) mass is 412 g/mol. The van der Waals surface area contributed by atoms with Crippen molar-refractivity contribution in [2.45, 2.75) is 50.5 Å². The van der Waals surface area contributed by atoms with E-state index in [0.717, 1.165) is 25.7 Å². The van der Waals surface area contributed by atoms with Crippen LogP contribution in [0.3, 0.4) is 0 Å². The second kappa shape index (κ2) is 10.2. The largest absolute Gasteiger partial charge is 0.495 e. The van der Waals surface area contributed by atoms with Crippen molar-refractivity contribution >= 4 is 15.9 Å². The Labute approximate surface area is 168 Å². The van der Waals surface area contributed by atoms with E-state index in [1.54, 1.807) is 24.1 Å². The highest BCUT2D eigenvalue weighted by Crippen LogP contribution is 2.28. The van der Waals surface area contributed by atoms with Gasteiger partial charge in [-0.15, -0.1) is 0 Å². The number of methoxy groups -OCH3 is 2. The average Bonchev–Trinajstić information content (AvgIpc) is 3.16. The quantitative estimate of drug-likeness (QED) is 0.639. The number of nitrogens with one attached hydrogen (secondary N) is 1. The van der Waals surface area contributed by atoms with Gasteiger partial charge >= 0.3 is 0 Å². The van der Waals surface area contributed by atoms with Crippen LogP contribution < -0.4 is 9.46 Å². The van der Waals surface area contributed by atoms with E-state index < -0.39 is 10.0 Å². The summed E-state index contributed by atoms with van der Waals surface area (Å²) in [6, 6.07) is 4.50. The van der Waals surface area contributed by atoms with Crippen LogP contribution in [0.15, 0.2) is 23.1 Å². The Bertz CT molecular complexity index is 758. The fourth-order valence-corrected chi connectivity index (χ4v) is 4.95. The zero-order valence-corrected chi connectivity index (χ0v) is 18.0. The van der Waals surface area contributed by atoms with E-state index >= 15 is 0 Å². The summed E-state index contributed by atoms with van der Waals surface area (Å²) >= 11 is 0. The van der Waals surface area contributed by atoms with Crippen molar-refractivity contribution in [3.63, 3.8) is 0 Å². The lowest BCUT2D eigenvalue weighted by molar-refractivity contribution is 0.0672. The van der Waals surface area contributed by atoms with E-state index in [9.17, 15) is 13.2 Å². The summed E-state index contributed by atoms with van der Waals surface area (Å²) in [5.74, 6) is 0.298. The zero-order valence-electron chi connectivity index (χ0n) is 17.2. The summed E-state index contributed by atoms with van der Waals surface area (Å²) < 4.78 is 39.0. The molecule has 0 radical (unpaired) electrons. The van der Waals surface area contributed by atoms with Gasteiger partial charge in [0, 0.05) is 31.8 Å². The molecule has 28 heavy (non-hydrogen) atoms. The molecule has 0 spiro atoms. The maximum atomic E-state index is 13.0. The Hall–Kier alpha value is -1.64. The molecule has 0 heterocycles. The first kappa shape index (κ1) is 22.6. The fourth-order valence-electron chi connectivity index (χ4n) is 3.45. The summed E-state index contributed by atoms with van der Waals surface area (Å²) in [5, 5.41) is 0. The molecule has 1 aromatic carbocycles. The second-order valence-electron chi connectivity index (χ2n) is 7.61. The standard InChI is InChI=1S/C20H32N2O5S/c1-15(2)14-22(11-12-26-3)20(23)16-9-10-18(27-4)19(13-16)28(24,25)21-17-7-5-6-8-17/h9-10,13,15,17,21H,5-8,11-12,14H2,1-4H3. The van der Waals surface area contributed by atoms with Crippen molar-refractivity contribution in [3.05, 3.63) is 23.8 Å². The van der Waals surface area contributed by atoms with E-state index in [1.807, 2.05) is 13.8 Å². The smallest absolute Gasteiger partial charge is 0.253 e. The number of hydrogen-bond acceptors (Lipinski definition) is 5. The Morgan fingerprint density at radius 2 is 1.93 bits per heavy atom. The molecule has 0 aliphatic heterocycles. The summed E-state index contributed by atoms with van der Waals surface area (Å²) in [4.78, 5) is 14.7. The third kappa shape index (κ3) is 5.93. The van der Waals surface area contributed by atoms with Gasteiger partial charge in [0.2, 0.25) is 10.0 Å². The Morgan fingerprint density at radius 1 is 1.25 bits per heavy atom. The molecule has 0 aromatic heterocycles. The van der Waals surface area contributed by atoms with Gasteiger partial charge in [-0.25, -0.2) is 13.1 Å². The molecule has 0 atom stereocenters. The topological polar surface area (TPSA) is 84.9 Å². The van der Waals surface area contributed by atoms with Crippen LogP contribution in [-0.4, -0.2) is 59.2 Å². The molecule has 0 saturated heterocycles. The van der Waals surface area contributed by atoms with Crippen LogP contribution in [0.2, 0.25) is 0 Å². The first-order valence-corrected chi connectivity index (χ1v) is 11.3. The fraction of sp³-hybridized carbons (Fsp3) is 0.650. The normalized spacial score (nSPS) is 15.2. The van der Waals surface area contributed by atoms with Gasteiger partial charge < -0.3 is 14.4 Å².